The fourth-order valence-corrected chi connectivity index (χ4v) is 2.76. The third kappa shape index (κ3) is 4.20. The molecule has 3 nitrogen and oxygen atoms in total. The van der Waals surface area contributed by atoms with Crippen LogP contribution in [0.3, 0.4) is 0 Å². The maximum atomic E-state index is 12.0. The molecule has 2 aromatic rings. The van der Waals surface area contributed by atoms with Gasteiger partial charge >= 0.3 is 0 Å². The molecule has 0 saturated heterocycles. The summed E-state index contributed by atoms with van der Waals surface area (Å²) < 4.78 is 1.16. The highest BCUT2D eigenvalue weighted by molar-refractivity contribution is 7.17. The van der Waals surface area contributed by atoms with Gasteiger partial charge in [0.25, 0.3) is 5.91 Å². The highest BCUT2D eigenvalue weighted by Gasteiger charge is 2.10. The van der Waals surface area contributed by atoms with Gasteiger partial charge in [0.15, 0.2) is 0 Å². The van der Waals surface area contributed by atoms with Crippen molar-refractivity contribution in [3.05, 3.63) is 35.2 Å². The van der Waals surface area contributed by atoms with Crippen molar-refractivity contribution in [3.8, 4) is 0 Å². The minimum absolute atomic E-state index is 0. The lowest BCUT2D eigenvalue weighted by molar-refractivity contribution is 0.0956. The van der Waals surface area contributed by atoms with Gasteiger partial charge in [-0.15, -0.1) is 23.7 Å². The molecule has 19 heavy (non-hydrogen) atoms. The average Bonchev–Trinajstić information content (AvgIpc) is 2.82. The van der Waals surface area contributed by atoms with E-state index in [1.165, 1.54) is 0 Å². The van der Waals surface area contributed by atoms with Crippen LogP contribution in [0.2, 0.25) is 0 Å². The summed E-state index contributed by atoms with van der Waals surface area (Å²) in [7, 11) is 0. The topological polar surface area (TPSA) is 41.1 Å². The number of thiophene rings is 1. The molecule has 1 heterocycles. The summed E-state index contributed by atoms with van der Waals surface area (Å²) in [6, 6.07) is 8.00. The molecule has 1 aromatic heterocycles. The number of rotatable bonds is 6. The third-order valence-corrected chi connectivity index (χ3v) is 3.70. The van der Waals surface area contributed by atoms with Crippen molar-refractivity contribution in [1.29, 1.82) is 0 Å². The number of carbonyl (C=O) groups is 1. The molecule has 0 fully saturated rings. The highest BCUT2D eigenvalue weighted by atomic mass is 35.5. The Morgan fingerprint density at radius 1 is 1.21 bits per heavy atom. The Balaban J connectivity index is 0.00000180. The first kappa shape index (κ1) is 16.0. The van der Waals surface area contributed by atoms with E-state index in [1.807, 2.05) is 29.6 Å². The van der Waals surface area contributed by atoms with Crippen molar-refractivity contribution in [2.24, 2.45) is 0 Å². The Morgan fingerprint density at radius 2 is 2.00 bits per heavy atom. The fraction of sp³-hybridized carbons (Fsp3) is 0.357. The number of carbonyl (C=O) groups excluding carboxylic acids is 1. The van der Waals surface area contributed by atoms with Crippen molar-refractivity contribution < 1.29 is 4.79 Å². The molecule has 2 rings (SSSR count). The number of benzene rings is 1. The highest BCUT2D eigenvalue weighted by Crippen LogP contribution is 2.25. The molecule has 0 unspecified atom stereocenters. The maximum absolute atomic E-state index is 12.0. The number of halogens is 1. The first-order valence-corrected chi connectivity index (χ1v) is 7.16. The normalized spacial score (nSPS) is 10.2. The molecular formula is C14H19ClN2OS. The summed E-state index contributed by atoms with van der Waals surface area (Å²) in [5, 5.41) is 9.18. The van der Waals surface area contributed by atoms with Crippen LogP contribution in [-0.4, -0.2) is 25.5 Å². The van der Waals surface area contributed by atoms with Gasteiger partial charge in [-0.3, -0.25) is 4.79 Å². The molecule has 0 aliphatic carbocycles. The number of hydrogen-bond donors (Lipinski definition) is 2. The molecule has 0 aliphatic heterocycles. The lowest BCUT2D eigenvalue weighted by Crippen LogP contribution is -2.31. The minimum Gasteiger partial charge on any atom is -0.351 e. The van der Waals surface area contributed by atoms with Crippen molar-refractivity contribution in [3.63, 3.8) is 0 Å². The standard InChI is InChI=1S/C14H18N2OS.ClH/c1-2-7-15-8-9-16-14(17)12-10-18-13-6-4-3-5-11(12)13;/h3-6,10,15H,2,7-9H2,1H3,(H,16,17);1H. The molecule has 0 aliphatic rings. The predicted molar refractivity (Wildman–Crippen MR) is 84.6 cm³/mol. The molecule has 0 atom stereocenters. The Bertz CT molecular complexity index is 527. The van der Waals surface area contributed by atoms with E-state index < -0.39 is 0 Å². The van der Waals surface area contributed by atoms with Crippen molar-refractivity contribution >= 4 is 39.7 Å². The van der Waals surface area contributed by atoms with Gasteiger partial charge in [-0.1, -0.05) is 25.1 Å². The minimum atomic E-state index is 0. The zero-order chi connectivity index (χ0) is 12.8. The Hall–Kier alpha value is -1.10. The first-order valence-electron chi connectivity index (χ1n) is 6.28. The number of amides is 1. The van der Waals surface area contributed by atoms with E-state index in [-0.39, 0.29) is 18.3 Å². The van der Waals surface area contributed by atoms with Crippen LogP contribution < -0.4 is 10.6 Å². The van der Waals surface area contributed by atoms with Gasteiger partial charge in [-0.05, 0) is 19.0 Å². The Kier molecular flexibility index (Phi) is 6.84. The predicted octanol–water partition coefficient (Wildman–Crippen LogP) is 3.05. The Labute approximate surface area is 123 Å². The molecule has 0 radical (unpaired) electrons. The van der Waals surface area contributed by atoms with E-state index in [0.29, 0.717) is 6.54 Å². The average molecular weight is 299 g/mol. The largest absolute Gasteiger partial charge is 0.351 e. The summed E-state index contributed by atoms with van der Waals surface area (Å²) >= 11 is 1.61. The number of nitrogens with one attached hydrogen (secondary N) is 2. The van der Waals surface area contributed by atoms with Gasteiger partial charge in [0.2, 0.25) is 0 Å². The van der Waals surface area contributed by atoms with Gasteiger partial charge in [0.05, 0.1) is 5.56 Å². The fourth-order valence-electron chi connectivity index (χ4n) is 1.82. The van der Waals surface area contributed by atoms with E-state index in [1.54, 1.807) is 11.3 Å². The van der Waals surface area contributed by atoms with Crippen molar-refractivity contribution in [2.75, 3.05) is 19.6 Å². The van der Waals surface area contributed by atoms with Crippen LogP contribution in [-0.2, 0) is 0 Å². The van der Waals surface area contributed by atoms with Gasteiger partial charge in [-0.25, -0.2) is 0 Å². The molecule has 0 bridgehead atoms. The van der Waals surface area contributed by atoms with E-state index in [0.717, 1.165) is 35.2 Å². The summed E-state index contributed by atoms with van der Waals surface area (Å²) in [6.45, 7) is 4.62. The Morgan fingerprint density at radius 3 is 2.79 bits per heavy atom. The monoisotopic (exact) mass is 298 g/mol. The van der Waals surface area contributed by atoms with Gasteiger partial charge < -0.3 is 10.6 Å². The number of fused-ring (bicyclic) bond motifs is 1. The summed E-state index contributed by atoms with van der Waals surface area (Å²) in [5.41, 5.74) is 0.783. The van der Waals surface area contributed by atoms with Crippen LogP contribution in [0.4, 0.5) is 0 Å². The molecule has 2 N–H and O–H groups in total. The van der Waals surface area contributed by atoms with Gasteiger partial charge in [0, 0.05) is 28.6 Å². The van der Waals surface area contributed by atoms with E-state index in [2.05, 4.69) is 17.6 Å². The zero-order valence-corrected chi connectivity index (χ0v) is 12.6. The van der Waals surface area contributed by atoms with E-state index in [4.69, 9.17) is 0 Å². The molecule has 1 aromatic carbocycles. The second-order valence-corrected chi connectivity index (χ2v) is 5.06. The van der Waals surface area contributed by atoms with E-state index >= 15 is 0 Å². The van der Waals surface area contributed by atoms with Gasteiger partial charge in [-0.2, -0.15) is 0 Å². The second-order valence-electron chi connectivity index (χ2n) is 4.15. The molecule has 1 amide bonds. The van der Waals surface area contributed by atoms with E-state index in [9.17, 15) is 4.79 Å². The molecule has 104 valence electrons. The molecule has 0 saturated carbocycles. The van der Waals surface area contributed by atoms with Crippen LogP contribution in [0.15, 0.2) is 29.6 Å². The lowest BCUT2D eigenvalue weighted by Gasteiger charge is -2.05. The first-order chi connectivity index (χ1) is 8.83. The summed E-state index contributed by atoms with van der Waals surface area (Å²) in [5.74, 6) is 0.0192. The second kappa shape index (κ2) is 8.15. The SMILES string of the molecule is CCCNCCNC(=O)c1csc2ccccc12.Cl. The lowest BCUT2D eigenvalue weighted by atomic mass is 10.1. The third-order valence-electron chi connectivity index (χ3n) is 2.74. The smallest absolute Gasteiger partial charge is 0.252 e. The van der Waals surface area contributed by atoms with Crippen molar-refractivity contribution in [2.45, 2.75) is 13.3 Å². The van der Waals surface area contributed by atoms with Crippen LogP contribution in [0, 0.1) is 0 Å². The van der Waals surface area contributed by atoms with Crippen LogP contribution in [0.1, 0.15) is 23.7 Å². The maximum Gasteiger partial charge on any atom is 0.252 e. The molecule has 0 spiro atoms. The van der Waals surface area contributed by atoms with Crippen LogP contribution >= 0.6 is 23.7 Å². The zero-order valence-electron chi connectivity index (χ0n) is 10.9. The molecule has 5 heteroatoms. The number of hydrogen-bond acceptors (Lipinski definition) is 3. The quantitative estimate of drug-likeness (QED) is 0.805. The van der Waals surface area contributed by atoms with Gasteiger partial charge in [0.1, 0.15) is 0 Å². The van der Waals surface area contributed by atoms with Crippen LogP contribution in [0.5, 0.6) is 0 Å². The van der Waals surface area contributed by atoms with Crippen molar-refractivity contribution in [1.82, 2.24) is 10.6 Å². The summed E-state index contributed by atoms with van der Waals surface area (Å²) in [6.07, 6.45) is 1.11. The molecular weight excluding hydrogens is 280 g/mol. The van der Waals surface area contributed by atoms with Crippen LogP contribution in [0.25, 0.3) is 10.1 Å². The summed E-state index contributed by atoms with van der Waals surface area (Å²) in [4.78, 5) is 12.0.